The van der Waals surface area contributed by atoms with Gasteiger partial charge in [-0.15, -0.1) is 0 Å². The van der Waals surface area contributed by atoms with Gasteiger partial charge in [0.05, 0.1) is 18.7 Å². The van der Waals surface area contributed by atoms with Gasteiger partial charge in [0.15, 0.2) is 0 Å². The van der Waals surface area contributed by atoms with Crippen LogP contribution in [0.2, 0.25) is 0 Å². The van der Waals surface area contributed by atoms with Crippen LogP contribution in [-0.4, -0.2) is 71.9 Å². The Balaban J connectivity index is 1.08. The minimum atomic E-state index is -1.27. The highest BCUT2D eigenvalue weighted by Crippen LogP contribution is 2.44. The van der Waals surface area contributed by atoms with Crippen LogP contribution in [0.5, 0.6) is 0 Å². The van der Waals surface area contributed by atoms with E-state index in [0.717, 1.165) is 27.8 Å². The van der Waals surface area contributed by atoms with Crippen LogP contribution >= 0.6 is 0 Å². The maximum atomic E-state index is 14.2. The second kappa shape index (κ2) is 20.1. The van der Waals surface area contributed by atoms with Gasteiger partial charge in [-0.05, 0) is 105 Å². The van der Waals surface area contributed by atoms with E-state index in [0.29, 0.717) is 47.8 Å². The van der Waals surface area contributed by atoms with E-state index in [2.05, 4.69) is 21.3 Å². The molecule has 0 spiro atoms. The number of nitrogens with one attached hydrogen (secondary N) is 4. The molecule has 64 heavy (non-hydrogen) atoms. The summed E-state index contributed by atoms with van der Waals surface area (Å²) in [5, 5.41) is 11.8. The van der Waals surface area contributed by atoms with Gasteiger partial charge in [0.1, 0.15) is 24.3 Å². The maximum absolute atomic E-state index is 14.2. The summed E-state index contributed by atoms with van der Waals surface area (Å²) in [5.41, 5.74) is 5.32. The Kier molecular flexibility index (Phi) is 14.2. The SMILES string of the molecule is Cc1cc(=O)n(C(=O)C2CC2)c2cc(NC(=O)[C@H](CCCCNC(=O)OC(C)(C)C)NC(=O)[C@H](COCc3ccccc3)NC(=O)OCC3c4ccccc4-c4ccccc43)ccc12. The highest BCUT2D eigenvalue weighted by atomic mass is 16.6. The number of hydrogen-bond acceptors (Lipinski definition) is 9. The highest BCUT2D eigenvalue weighted by Gasteiger charge is 2.34. The summed E-state index contributed by atoms with van der Waals surface area (Å²) < 4.78 is 18.3. The molecule has 0 unspecified atom stereocenters. The number of carbonyl (C=O) groups excluding carboxylic acids is 5. The summed E-state index contributed by atoms with van der Waals surface area (Å²) >= 11 is 0. The van der Waals surface area contributed by atoms with Crippen LogP contribution in [0.4, 0.5) is 15.3 Å². The third kappa shape index (κ3) is 11.4. The van der Waals surface area contributed by atoms with Gasteiger partial charge in [-0.3, -0.25) is 19.2 Å². The summed E-state index contributed by atoms with van der Waals surface area (Å²) in [7, 11) is 0. The van der Waals surface area contributed by atoms with E-state index in [1.54, 1.807) is 45.9 Å². The molecule has 0 saturated heterocycles. The monoisotopic (exact) mass is 869 g/mol. The van der Waals surface area contributed by atoms with Gasteiger partial charge in [-0.1, -0.05) is 84.9 Å². The molecule has 4 amide bonds. The molecule has 7 rings (SSSR count). The van der Waals surface area contributed by atoms with E-state index in [1.807, 2.05) is 78.9 Å². The number of aromatic nitrogens is 1. The van der Waals surface area contributed by atoms with Crippen LogP contribution in [0, 0.1) is 12.8 Å². The van der Waals surface area contributed by atoms with Crippen molar-refractivity contribution >= 4 is 46.5 Å². The second-order valence-electron chi connectivity index (χ2n) is 17.3. The summed E-state index contributed by atoms with van der Waals surface area (Å²) in [6.45, 7) is 7.27. The Labute approximate surface area is 372 Å². The van der Waals surface area contributed by atoms with Gasteiger partial charge in [0, 0.05) is 35.5 Å². The number of rotatable bonds is 17. The van der Waals surface area contributed by atoms with Gasteiger partial charge in [-0.2, -0.15) is 0 Å². The number of fused-ring (bicyclic) bond motifs is 4. The number of nitrogens with zero attached hydrogens (tertiary/aromatic N) is 1. The molecule has 4 aromatic carbocycles. The molecule has 0 aliphatic heterocycles. The van der Waals surface area contributed by atoms with Gasteiger partial charge in [0.25, 0.3) is 5.56 Å². The smallest absolute Gasteiger partial charge is 0.407 e. The molecule has 1 saturated carbocycles. The van der Waals surface area contributed by atoms with Crippen molar-refractivity contribution < 1.29 is 38.2 Å². The number of anilines is 1. The fourth-order valence-corrected chi connectivity index (χ4v) is 7.90. The lowest BCUT2D eigenvalue weighted by atomic mass is 9.98. The van der Waals surface area contributed by atoms with Crippen LogP contribution in [0.25, 0.3) is 22.0 Å². The first-order chi connectivity index (χ1) is 30.8. The van der Waals surface area contributed by atoms with Crippen LogP contribution < -0.4 is 26.8 Å². The molecule has 4 N–H and O–H groups in total. The zero-order valence-electron chi connectivity index (χ0n) is 36.6. The first-order valence-corrected chi connectivity index (χ1v) is 21.8. The molecule has 14 nitrogen and oxygen atoms in total. The third-order valence-electron chi connectivity index (χ3n) is 11.2. The number of carbonyl (C=O) groups is 5. The van der Waals surface area contributed by atoms with Gasteiger partial charge >= 0.3 is 12.2 Å². The Morgan fingerprint density at radius 1 is 0.766 bits per heavy atom. The lowest BCUT2D eigenvalue weighted by molar-refractivity contribution is -0.129. The number of benzene rings is 4. The van der Waals surface area contributed by atoms with Crippen LogP contribution in [-0.2, 0) is 30.4 Å². The van der Waals surface area contributed by atoms with Crippen molar-refractivity contribution in [3.8, 4) is 11.1 Å². The zero-order chi connectivity index (χ0) is 45.4. The van der Waals surface area contributed by atoms with Crippen molar-refractivity contribution in [2.24, 2.45) is 5.92 Å². The first-order valence-electron chi connectivity index (χ1n) is 21.8. The maximum Gasteiger partial charge on any atom is 0.407 e. The number of ether oxygens (including phenoxy) is 3. The molecule has 0 radical (unpaired) electrons. The molecule has 2 aliphatic carbocycles. The average molecular weight is 870 g/mol. The van der Waals surface area contributed by atoms with Crippen LogP contribution in [0.3, 0.4) is 0 Å². The molecule has 0 bridgehead atoms. The molecule has 1 fully saturated rings. The van der Waals surface area contributed by atoms with Crippen molar-refractivity contribution in [3.05, 3.63) is 136 Å². The fourth-order valence-electron chi connectivity index (χ4n) is 7.90. The van der Waals surface area contributed by atoms with Gasteiger partial charge in [-0.25, -0.2) is 14.2 Å². The van der Waals surface area contributed by atoms with E-state index < -0.39 is 47.2 Å². The number of hydrogen-bond donors (Lipinski definition) is 4. The zero-order valence-corrected chi connectivity index (χ0v) is 36.6. The summed E-state index contributed by atoms with van der Waals surface area (Å²) in [5.74, 6) is -1.98. The van der Waals surface area contributed by atoms with E-state index in [4.69, 9.17) is 14.2 Å². The van der Waals surface area contributed by atoms with Gasteiger partial charge < -0.3 is 35.5 Å². The van der Waals surface area contributed by atoms with Gasteiger partial charge in [0.2, 0.25) is 17.7 Å². The molecular formula is C50H55N5O9. The molecule has 2 atom stereocenters. The first kappa shape index (κ1) is 45.2. The number of amides is 4. The molecule has 5 aromatic rings. The minimum Gasteiger partial charge on any atom is -0.449 e. The Morgan fingerprint density at radius 2 is 1.44 bits per heavy atom. The minimum absolute atomic E-state index is 0.0206. The van der Waals surface area contributed by atoms with Crippen molar-refractivity contribution in [3.63, 3.8) is 0 Å². The summed E-state index contributed by atoms with van der Waals surface area (Å²) in [6.07, 6.45) is 1.00. The third-order valence-corrected chi connectivity index (χ3v) is 11.2. The van der Waals surface area contributed by atoms with Crippen molar-refractivity contribution in [1.29, 1.82) is 0 Å². The molecule has 1 heterocycles. The lowest BCUT2D eigenvalue weighted by Gasteiger charge is -2.24. The van der Waals surface area contributed by atoms with Crippen LogP contribution in [0.15, 0.2) is 108 Å². The molecular weight excluding hydrogens is 815 g/mol. The molecule has 1 aromatic heterocycles. The number of aryl methyl sites for hydroxylation is 1. The van der Waals surface area contributed by atoms with E-state index in [-0.39, 0.29) is 50.5 Å². The van der Waals surface area contributed by atoms with E-state index in [9.17, 15) is 28.8 Å². The quantitative estimate of drug-likeness (QED) is 0.0684. The van der Waals surface area contributed by atoms with E-state index >= 15 is 0 Å². The number of pyridine rings is 1. The van der Waals surface area contributed by atoms with Crippen molar-refractivity contribution in [1.82, 2.24) is 20.5 Å². The largest absolute Gasteiger partial charge is 0.449 e. The highest BCUT2D eigenvalue weighted by molar-refractivity contribution is 6.01. The van der Waals surface area contributed by atoms with Crippen molar-refractivity contribution in [2.45, 2.75) is 90.0 Å². The normalized spacial score (nSPS) is 14.1. The fraction of sp³-hybridized carbons (Fsp3) is 0.360. The number of unbranched alkanes of at least 4 members (excludes halogenated alkanes) is 1. The Hall–Kier alpha value is -6.80. The topological polar surface area (TPSA) is 183 Å². The lowest BCUT2D eigenvalue weighted by Crippen LogP contribution is -2.54. The Bertz CT molecular complexity index is 2540. The standard InChI is InChI=1S/C50H55N5O9/c1-31-26-44(56)55(47(59)33-21-22-33)43-27-34(23-24-35(31)43)52-45(57)41(20-12-13-25-51-48(60)64-50(2,3)4)53-46(58)42(30-62-28-32-14-6-5-7-15-32)54-49(61)63-29-40-38-18-10-8-16-36(38)37-17-9-11-19-39(37)40/h5-11,14-19,23-24,26-27,33,40-42H,12-13,20-22,25,28-30H2,1-4H3,(H,51,60)(H,52,57)(H,53,58)(H,54,61)/t41-,42-/m0/s1. The predicted octanol–water partition coefficient (Wildman–Crippen LogP) is 7.60. The molecule has 14 heteroatoms. The summed E-state index contributed by atoms with van der Waals surface area (Å²) in [6, 6.07) is 29.3. The second-order valence-corrected chi connectivity index (χ2v) is 17.3. The van der Waals surface area contributed by atoms with Crippen molar-refractivity contribution in [2.75, 3.05) is 25.1 Å². The molecule has 2 aliphatic rings. The summed E-state index contributed by atoms with van der Waals surface area (Å²) in [4.78, 5) is 80.6. The Morgan fingerprint density at radius 3 is 2.11 bits per heavy atom. The average Bonchev–Trinajstić information content (AvgIpc) is 4.07. The van der Waals surface area contributed by atoms with E-state index in [1.165, 1.54) is 10.6 Å². The number of alkyl carbamates (subject to hydrolysis) is 2. The predicted molar refractivity (Wildman–Crippen MR) is 243 cm³/mol. The van der Waals surface area contributed by atoms with Crippen LogP contribution in [0.1, 0.15) is 85.8 Å². The molecule has 334 valence electrons.